The fourth-order valence-electron chi connectivity index (χ4n) is 4.08. The zero-order valence-electron chi connectivity index (χ0n) is 17.8. The molecule has 8 nitrogen and oxygen atoms in total. The average molecular weight is 450 g/mol. The Morgan fingerprint density at radius 3 is 2.50 bits per heavy atom. The lowest BCUT2D eigenvalue weighted by Gasteiger charge is -2.35. The zero-order valence-corrected chi connectivity index (χ0v) is 18.7. The molecule has 2 N–H and O–H groups in total. The van der Waals surface area contributed by atoms with E-state index in [2.05, 4.69) is 15.0 Å². The quantitative estimate of drug-likeness (QED) is 0.502. The number of rotatable bonds is 3. The predicted molar refractivity (Wildman–Crippen MR) is 125 cm³/mol. The smallest absolute Gasteiger partial charge is 0.276 e. The molecule has 1 fully saturated rings. The van der Waals surface area contributed by atoms with Crippen LogP contribution < -0.4 is 5.56 Å². The molecule has 5 rings (SSSR count). The van der Waals surface area contributed by atoms with Crippen molar-refractivity contribution >= 4 is 45.1 Å². The molecule has 1 aliphatic heterocycles. The van der Waals surface area contributed by atoms with Crippen LogP contribution in [-0.2, 0) is 4.79 Å². The predicted octanol–water partition coefficient (Wildman–Crippen LogP) is 3.07. The second-order valence-corrected chi connectivity index (χ2v) is 9.09. The minimum Gasteiger partial charge on any atom is -0.353 e. The van der Waals surface area contributed by atoms with E-state index in [1.165, 1.54) is 11.3 Å². The number of H-pyrrole nitrogens is 2. The first-order valence-electron chi connectivity index (χ1n) is 10.6. The zero-order chi connectivity index (χ0) is 22.4. The summed E-state index contributed by atoms with van der Waals surface area (Å²) < 4.78 is 0. The number of amides is 2. The van der Waals surface area contributed by atoms with Crippen molar-refractivity contribution in [2.24, 2.45) is 5.92 Å². The molecule has 1 aromatic carbocycles. The Morgan fingerprint density at radius 1 is 1.00 bits per heavy atom. The lowest BCUT2D eigenvalue weighted by atomic mass is 10.1. The maximum absolute atomic E-state index is 13.0. The van der Waals surface area contributed by atoms with E-state index in [9.17, 15) is 14.4 Å². The molecular formula is C23H23N5O3S. The molecule has 0 radical (unpaired) electrons. The van der Waals surface area contributed by atoms with Crippen molar-refractivity contribution in [1.82, 2.24) is 24.8 Å². The highest BCUT2D eigenvalue weighted by atomic mass is 32.1. The first-order chi connectivity index (χ1) is 15.4. The Hall–Kier alpha value is -3.46. The standard InChI is InChI=1S/C23H23N5O3S/c1-13(2)22(30)27-5-7-28(8-6-27)23(31)14-3-4-16-15(9-14)10-17(24-16)20-21(29)26-19-12-32-11-18(19)25-20/h3-4,9-13,24H,5-8H2,1-2H3,(H,26,29). The van der Waals surface area contributed by atoms with Gasteiger partial charge in [-0.2, -0.15) is 0 Å². The summed E-state index contributed by atoms with van der Waals surface area (Å²) in [5, 5.41) is 4.59. The second kappa shape index (κ2) is 7.90. The summed E-state index contributed by atoms with van der Waals surface area (Å²) in [7, 11) is 0. The Balaban J connectivity index is 1.38. The molecule has 0 aliphatic carbocycles. The number of carbonyl (C=O) groups excluding carboxylic acids is 2. The van der Waals surface area contributed by atoms with Crippen LogP contribution in [0.1, 0.15) is 24.2 Å². The summed E-state index contributed by atoms with van der Waals surface area (Å²) in [4.78, 5) is 51.9. The monoisotopic (exact) mass is 449 g/mol. The van der Waals surface area contributed by atoms with Crippen LogP contribution >= 0.6 is 11.3 Å². The van der Waals surface area contributed by atoms with Gasteiger partial charge in [0.25, 0.3) is 11.5 Å². The number of carbonyl (C=O) groups is 2. The topological polar surface area (TPSA) is 102 Å². The third-order valence-electron chi connectivity index (χ3n) is 5.83. The first-order valence-corrected chi connectivity index (χ1v) is 11.5. The molecule has 4 heterocycles. The largest absolute Gasteiger partial charge is 0.353 e. The maximum atomic E-state index is 13.0. The van der Waals surface area contributed by atoms with Gasteiger partial charge in [0.15, 0.2) is 5.69 Å². The molecule has 1 aliphatic rings. The van der Waals surface area contributed by atoms with Crippen molar-refractivity contribution < 1.29 is 9.59 Å². The molecule has 0 unspecified atom stereocenters. The fourth-order valence-corrected chi connectivity index (χ4v) is 4.77. The Labute approximate surface area is 187 Å². The minimum absolute atomic E-state index is 0.0374. The summed E-state index contributed by atoms with van der Waals surface area (Å²) in [5.74, 6) is 0.0363. The second-order valence-electron chi connectivity index (χ2n) is 8.34. The summed E-state index contributed by atoms with van der Waals surface area (Å²) in [5.41, 5.74) is 3.56. The molecule has 32 heavy (non-hydrogen) atoms. The number of nitrogens with one attached hydrogen (secondary N) is 2. The van der Waals surface area contributed by atoms with Gasteiger partial charge in [0, 0.05) is 59.3 Å². The molecule has 0 spiro atoms. The van der Waals surface area contributed by atoms with Gasteiger partial charge in [-0.05, 0) is 24.3 Å². The highest BCUT2D eigenvalue weighted by molar-refractivity contribution is 7.09. The Morgan fingerprint density at radius 2 is 1.75 bits per heavy atom. The molecular weight excluding hydrogens is 426 g/mol. The number of thiophene rings is 1. The van der Waals surface area contributed by atoms with Gasteiger partial charge < -0.3 is 19.8 Å². The minimum atomic E-state index is -0.257. The van der Waals surface area contributed by atoms with Gasteiger partial charge in [0.2, 0.25) is 5.91 Å². The average Bonchev–Trinajstić information content (AvgIpc) is 3.43. The lowest BCUT2D eigenvalue weighted by molar-refractivity contribution is -0.135. The molecule has 3 aromatic heterocycles. The highest BCUT2D eigenvalue weighted by Gasteiger charge is 2.26. The fraction of sp³-hybridized carbons (Fsp3) is 0.304. The number of nitrogens with zero attached hydrogens (tertiary/aromatic N) is 3. The van der Waals surface area contributed by atoms with Crippen molar-refractivity contribution in [3.05, 3.63) is 50.9 Å². The third-order valence-corrected chi connectivity index (χ3v) is 6.56. The van der Waals surface area contributed by atoms with E-state index in [4.69, 9.17) is 0 Å². The van der Waals surface area contributed by atoms with Crippen molar-refractivity contribution in [3.8, 4) is 11.4 Å². The van der Waals surface area contributed by atoms with Crippen molar-refractivity contribution in [2.75, 3.05) is 26.2 Å². The van der Waals surface area contributed by atoms with E-state index in [1.54, 1.807) is 11.0 Å². The van der Waals surface area contributed by atoms with E-state index >= 15 is 0 Å². The normalized spacial score (nSPS) is 14.6. The summed E-state index contributed by atoms with van der Waals surface area (Å²) >= 11 is 1.49. The van der Waals surface area contributed by atoms with Crippen LogP contribution in [0.2, 0.25) is 0 Å². The van der Waals surface area contributed by atoms with Gasteiger partial charge in [0.05, 0.1) is 16.7 Å². The van der Waals surface area contributed by atoms with E-state index in [1.807, 2.05) is 47.7 Å². The number of aromatic amines is 2. The Bertz CT molecular complexity index is 1390. The van der Waals surface area contributed by atoms with Crippen LogP contribution in [0.3, 0.4) is 0 Å². The molecule has 0 bridgehead atoms. The van der Waals surface area contributed by atoms with Gasteiger partial charge in [-0.15, -0.1) is 11.3 Å². The van der Waals surface area contributed by atoms with E-state index in [0.717, 1.165) is 21.9 Å². The van der Waals surface area contributed by atoms with E-state index in [0.29, 0.717) is 43.1 Å². The summed E-state index contributed by atoms with van der Waals surface area (Å²) in [6.07, 6.45) is 0. The molecule has 0 atom stereocenters. The van der Waals surface area contributed by atoms with Crippen LogP contribution in [0.5, 0.6) is 0 Å². The SMILES string of the molecule is CC(C)C(=O)N1CCN(C(=O)c2ccc3[nH]c(-c4nc5cscc5[nH]c4=O)cc3c2)CC1. The molecule has 1 saturated heterocycles. The number of fused-ring (bicyclic) bond motifs is 2. The van der Waals surface area contributed by atoms with Crippen molar-refractivity contribution in [2.45, 2.75) is 13.8 Å². The van der Waals surface area contributed by atoms with Crippen molar-refractivity contribution in [1.29, 1.82) is 0 Å². The Kier molecular flexibility index (Phi) is 5.05. The van der Waals surface area contributed by atoms with Gasteiger partial charge in [-0.25, -0.2) is 4.98 Å². The van der Waals surface area contributed by atoms with Gasteiger partial charge in [0.1, 0.15) is 0 Å². The van der Waals surface area contributed by atoms with Crippen LogP contribution in [0, 0.1) is 5.92 Å². The maximum Gasteiger partial charge on any atom is 0.276 e. The molecule has 164 valence electrons. The van der Waals surface area contributed by atoms with Gasteiger partial charge >= 0.3 is 0 Å². The third kappa shape index (κ3) is 3.58. The summed E-state index contributed by atoms with van der Waals surface area (Å²) in [6.45, 7) is 5.93. The van der Waals surface area contributed by atoms with Crippen LogP contribution in [0.25, 0.3) is 33.3 Å². The van der Waals surface area contributed by atoms with Gasteiger partial charge in [-0.3, -0.25) is 14.4 Å². The van der Waals surface area contributed by atoms with E-state index < -0.39 is 0 Å². The highest BCUT2D eigenvalue weighted by Crippen LogP contribution is 2.24. The first kappa shape index (κ1) is 20.4. The van der Waals surface area contributed by atoms with Crippen molar-refractivity contribution in [3.63, 3.8) is 0 Å². The number of piperazine rings is 1. The number of aromatic nitrogens is 3. The van der Waals surface area contributed by atoms with Crippen LogP contribution in [0.15, 0.2) is 39.8 Å². The molecule has 4 aromatic rings. The molecule has 9 heteroatoms. The molecule has 0 saturated carbocycles. The number of benzene rings is 1. The summed E-state index contributed by atoms with van der Waals surface area (Å²) in [6, 6.07) is 7.32. The van der Waals surface area contributed by atoms with Crippen LogP contribution in [-0.4, -0.2) is 62.7 Å². The number of hydrogen-bond donors (Lipinski definition) is 2. The lowest BCUT2D eigenvalue weighted by Crippen LogP contribution is -2.51. The van der Waals surface area contributed by atoms with Crippen LogP contribution in [0.4, 0.5) is 0 Å². The van der Waals surface area contributed by atoms with Gasteiger partial charge in [-0.1, -0.05) is 13.8 Å². The molecule has 2 amide bonds. The van der Waals surface area contributed by atoms with E-state index in [-0.39, 0.29) is 23.3 Å². The number of hydrogen-bond acceptors (Lipinski definition) is 5.